The summed E-state index contributed by atoms with van der Waals surface area (Å²) in [6, 6.07) is 3.56. The summed E-state index contributed by atoms with van der Waals surface area (Å²) < 4.78 is 85.5. The molecular weight excluding hydrogens is 490 g/mol. The highest BCUT2D eigenvalue weighted by atomic mass is 19.4. The molecule has 1 nitrogen and oxygen atoms in total. The van der Waals surface area contributed by atoms with Crippen LogP contribution < -0.4 is 4.74 Å². The van der Waals surface area contributed by atoms with E-state index in [1.807, 2.05) is 0 Å². The SMILES string of the molecule is CCCC1CCC(C2CCC(C(F)(F)CC3CCC(c4ccc(OC(F)(F)F)c(F)c4)CC3)CC2)CC1. The summed E-state index contributed by atoms with van der Waals surface area (Å²) in [5, 5.41) is 0. The van der Waals surface area contributed by atoms with Gasteiger partial charge in [0, 0.05) is 12.3 Å². The Balaban J connectivity index is 1.21. The molecule has 1 aromatic carbocycles. The van der Waals surface area contributed by atoms with E-state index in [0.717, 1.165) is 36.8 Å². The van der Waals surface area contributed by atoms with Gasteiger partial charge < -0.3 is 4.74 Å². The fourth-order valence-corrected chi connectivity index (χ4v) is 7.60. The second-order valence-electron chi connectivity index (χ2n) is 12.1. The van der Waals surface area contributed by atoms with Crippen molar-refractivity contribution in [2.75, 3.05) is 0 Å². The molecule has 3 saturated carbocycles. The Morgan fingerprint density at radius 2 is 1.32 bits per heavy atom. The van der Waals surface area contributed by atoms with Crippen LogP contribution in [-0.2, 0) is 0 Å². The van der Waals surface area contributed by atoms with Gasteiger partial charge >= 0.3 is 6.36 Å². The third-order valence-electron chi connectivity index (χ3n) is 9.68. The van der Waals surface area contributed by atoms with E-state index in [-0.39, 0.29) is 18.3 Å². The van der Waals surface area contributed by atoms with Crippen LogP contribution in [0.4, 0.5) is 26.3 Å². The maximum absolute atomic E-state index is 15.3. The molecule has 0 N–H and O–H groups in total. The van der Waals surface area contributed by atoms with Gasteiger partial charge in [-0.3, -0.25) is 0 Å². The van der Waals surface area contributed by atoms with E-state index < -0.39 is 29.8 Å². The predicted molar refractivity (Wildman–Crippen MR) is 133 cm³/mol. The Kier molecular flexibility index (Phi) is 9.43. The summed E-state index contributed by atoms with van der Waals surface area (Å²) in [4.78, 5) is 0. The first kappa shape index (κ1) is 28.6. The smallest absolute Gasteiger partial charge is 0.403 e. The topological polar surface area (TPSA) is 9.23 Å². The van der Waals surface area contributed by atoms with E-state index in [1.54, 1.807) is 0 Å². The standard InChI is InChI=1S/C30H42F6O/c1-2-3-20-4-8-22(9-5-20)23-12-15-26(16-13-23)29(32,33)19-21-6-10-24(11-7-21)25-14-17-28(27(31)18-25)37-30(34,35)36/h14,17-18,20-24,26H,2-13,15-16,19H2,1H3. The van der Waals surface area contributed by atoms with Gasteiger partial charge in [-0.25, -0.2) is 13.2 Å². The lowest BCUT2D eigenvalue weighted by Crippen LogP contribution is -2.36. The van der Waals surface area contributed by atoms with Crippen LogP contribution >= 0.6 is 0 Å². The van der Waals surface area contributed by atoms with Crippen LogP contribution in [0, 0.1) is 35.4 Å². The highest BCUT2D eigenvalue weighted by Gasteiger charge is 2.44. The molecule has 0 unspecified atom stereocenters. The van der Waals surface area contributed by atoms with Crippen LogP contribution in [0.15, 0.2) is 18.2 Å². The number of halogens is 6. The quantitative estimate of drug-likeness (QED) is 0.303. The molecule has 0 atom stereocenters. The van der Waals surface area contributed by atoms with Crippen molar-refractivity contribution in [1.82, 2.24) is 0 Å². The molecule has 7 heteroatoms. The molecule has 0 aromatic heterocycles. The van der Waals surface area contributed by atoms with Crippen LogP contribution in [0.1, 0.15) is 115 Å². The van der Waals surface area contributed by atoms with Gasteiger partial charge in [-0.15, -0.1) is 13.2 Å². The molecular formula is C30H42F6O. The number of benzene rings is 1. The monoisotopic (exact) mass is 532 g/mol. The van der Waals surface area contributed by atoms with Crippen LogP contribution in [0.2, 0.25) is 0 Å². The summed E-state index contributed by atoms with van der Waals surface area (Å²) in [6.45, 7) is 2.25. The highest BCUT2D eigenvalue weighted by Crippen LogP contribution is 2.49. The van der Waals surface area contributed by atoms with E-state index in [2.05, 4.69) is 11.7 Å². The minimum absolute atomic E-state index is 0.0258. The first-order valence-corrected chi connectivity index (χ1v) is 14.5. The Morgan fingerprint density at radius 1 is 0.757 bits per heavy atom. The van der Waals surface area contributed by atoms with E-state index in [0.29, 0.717) is 50.0 Å². The highest BCUT2D eigenvalue weighted by molar-refractivity contribution is 5.31. The van der Waals surface area contributed by atoms with E-state index >= 15 is 8.78 Å². The lowest BCUT2D eigenvalue weighted by Gasteiger charge is -2.40. The maximum atomic E-state index is 15.3. The third-order valence-corrected chi connectivity index (χ3v) is 9.68. The Hall–Kier alpha value is -1.40. The van der Waals surface area contributed by atoms with Crippen molar-refractivity contribution in [3.8, 4) is 5.75 Å². The van der Waals surface area contributed by atoms with E-state index in [1.165, 1.54) is 44.6 Å². The van der Waals surface area contributed by atoms with Crippen LogP contribution in [0.25, 0.3) is 0 Å². The van der Waals surface area contributed by atoms with Crippen molar-refractivity contribution in [3.63, 3.8) is 0 Å². The van der Waals surface area contributed by atoms with Crippen molar-refractivity contribution in [2.24, 2.45) is 29.6 Å². The van der Waals surface area contributed by atoms with Crippen molar-refractivity contribution in [1.29, 1.82) is 0 Å². The van der Waals surface area contributed by atoms with Crippen LogP contribution in [-0.4, -0.2) is 12.3 Å². The molecule has 3 aliphatic rings. The number of rotatable bonds is 8. The first-order valence-electron chi connectivity index (χ1n) is 14.5. The summed E-state index contributed by atoms with van der Waals surface area (Å²) >= 11 is 0. The molecule has 3 fully saturated rings. The zero-order valence-corrected chi connectivity index (χ0v) is 22.0. The van der Waals surface area contributed by atoms with Crippen LogP contribution in [0.3, 0.4) is 0 Å². The average molecular weight is 533 g/mol. The Labute approximate surface area is 217 Å². The number of ether oxygens (including phenoxy) is 1. The molecule has 1 aromatic rings. The lowest BCUT2D eigenvalue weighted by molar-refractivity contribution is -0.275. The molecule has 0 heterocycles. The van der Waals surface area contributed by atoms with Crippen molar-refractivity contribution in [2.45, 2.75) is 121 Å². The molecule has 0 aliphatic heterocycles. The summed E-state index contributed by atoms with van der Waals surface area (Å²) in [6.07, 6.45) is 8.46. The Bertz CT molecular complexity index is 844. The molecule has 37 heavy (non-hydrogen) atoms. The van der Waals surface area contributed by atoms with Crippen molar-refractivity contribution >= 4 is 0 Å². The second-order valence-corrected chi connectivity index (χ2v) is 12.1. The normalized spacial score (nSPS) is 31.8. The Morgan fingerprint density at radius 3 is 1.86 bits per heavy atom. The van der Waals surface area contributed by atoms with Gasteiger partial charge in [0.15, 0.2) is 11.6 Å². The fraction of sp³-hybridized carbons (Fsp3) is 0.800. The molecule has 0 bridgehead atoms. The maximum Gasteiger partial charge on any atom is 0.573 e. The third kappa shape index (κ3) is 7.81. The lowest BCUT2D eigenvalue weighted by atomic mass is 9.67. The minimum Gasteiger partial charge on any atom is -0.403 e. The van der Waals surface area contributed by atoms with Gasteiger partial charge in [0.05, 0.1) is 0 Å². The molecule has 0 amide bonds. The number of hydrogen-bond donors (Lipinski definition) is 0. The zero-order valence-electron chi connectivity index (χ0n) is 22.0. The number of hydrogen-bond acceptors (Lipinski definition) is 1. The first-order chi connectivity index (χ1) is 17.5. The summed E-state index contributed by atoms with van der Waals surface area (Å²) in [5.74, 6) is -2.92. The number of alkyl halides is 5. The molecule has 3 aliphatic carbocycles. The van der Waals surface area contributed by atoms with Gasteiger partial charge in [-0.2, -0.15) is 0 Å². The van der Waals surface area contributed by atoms with Crippen LogP contribution in [0.5, 0.6) is 5.75 Å². The molecule has 0 radical (unpaired) electrons. The summed E-state index contributed by atoms with van der Waals surface area (Å²) in [7, 11) is 0. The summed E-state index contributed by atoms with van der Waals surface area (Å²) in [5.41, 5.74) is 0.610. The van der Waals surface area contributed by atoms with Crippen molar-refractivity contribution < 1.29 is 31.1 Å². The van der Waals surface area contributed by atoms with Gasteiger partial charge in [0.2, 0.25) is 0 Å². The fourth-order valence-electron chi connectivity index (χ4n) is 7.60. The van der Waals surface area contributed by atoms with E-state index in [4.69, 9.17) is 0 Å². The second kappa shape index (κ2) is 12.2. The predicted octanol–water partition coefficient (Wildman–Crippen LogP) is 10.4. The molecule has 0 saturated heterocycles. The van der Waals surface area contributed by atoms with Crippen molar-refractivity contribution in [3.05, 3.63) is 29.6 Å². The molecule has 4 rings (SSSR count). The minimum atomic E-state index is -4.95. The largest absolute Gasteiger partial charge is 0.573 e. The average Bonchev–Trinajstić information content (AvgIpc) is 2.86. The van der Waals surface area contributed by atoms with Gasteiger partial charge in [0.25, 0.3) is 5.92 Å². The van der Waals surface area contributed by atoms with Gasteiger partial charge in [-0.05, 0) is 111 Å². The zero-order chi connectivity index (χ0) is 26.6. The van der Waals surface area contributed by atoms with Gasteiger partial charge in [0.1, 0.15) is 0 Å². The van der Waals surface area contributed by atoms with Gasteiger partial charge in [-0.1, -0.05) is 38.7 Å². The molecule has 0 spiro atoms. The van der Waals surface area contributed by atoms with E-state index in [9.17, 15) is 17.6 Å². The molecule has 210 valence electrons.